The molecule has 0 atom stereocenters. The third-order valence-electron chi connectivity index (χ3n) is 2.63. The predicted octanol–water partition coefficient (Wildman–Crippen LogP) is 3.77. The quantitative estimate of drug-likeness (QED) is 0.465. The van der Waals surface area contributed by atoms with Gasteiger partial charge in [-0.25, -0.2) is 0 Å². The fraction of sp³-hybridized carbons (Fsp3) is 0.500. The van der Waals surface area contributed by atoms with Gasteiger partial charge in [0.2, 0.25) is 0 Å². The molecule has 1 nitrogen and oxygen atoms in total. The molecule has 0 bridgehead atoms. The van der Waals surface area contributed by atoms with Gasteiger partial charge in [-0.1, -0.05) is 49.6 Å². The van der Waals surface area contributed by atoms with Crippen LogP contribution in [0.3, 0.4) is 0 Å². The maximum Gasteiger partial charge on any atom is 0.119 e. The first-order chi connectivity index (χ1) is 7.43. The van der Waals surface area contributed by atoms with E-state index in [1.165, 1.54) is 37.7 Å². The number of rotatable bonds is 8. The minimum Gasteiger partial charge on any atom is -0.303 e. The lowest BCUT2D eigenvalue weighted by Gasteiger charge is -2.01. The molecule has 0 N–H and O–H groups in total. The summed E-state index contributed by atoms with van der Waals surface area (Å²) in [5, 5.41) is 0. The van der Waals surface area contributed by atoms with Gasteiger partial charge in [0, 0.05) is 6.42 Å². The third kappa shape index (κ3) is 6.05. The van der Waals surface area contributed by atoms with Gasteiger partial charge in [0.15, 0.2) is 0 Å². The van der Waals surface area contributed by atoms with Crippen molar-refractivity contribution in [3.63, 3.8) is 0 Å². The Kier molecular flexibility index (Phi) is 6.55. The van der Waals surface area contributed by atoms with Crippen LogP contribution < -0.4 is 0 Å². The molecule has 1 heteroatoms. The van der Waals surface area contributed by atoms with Crippen LogP contribution in [0.4, 0.5) is 0 Å². The Labute approximate surface area is 92.5 Å². The monoisotopic (exact) mass is 204 g/mol. The number of hydrogen-bond donors (Lipinski definition) is 0. The van der Waals surface area contributed by atoms with E-state index >= 15 is 0 Å². The van der Waals surface area contributed by atoms with E-state index in [1.807, 2.05) is 0 Å². The Hall–Kier alpha value is -1.11. The van der Waals surface area contributed by atoms with Crippen LogP contribution in [0.5, 0.6) is 0 Å². The van der Waals surface area contributed by atoms with Crippen molar-refractivity contribution >= 4 is 6.29 Å². The highest BCUT2D eigenvalue weighted by Gasteiger charge is 1.93. The van der Waals surface area contributed by atoms with Crippen molar-refractivity contribution in [3.8, 4) is 0 Å². The number of unbranched alkanes of at least 4 members (excludes halogenated alkanes) is 5. The summed E-state index contributed by atoms with van der Waals surface area (Å²) in [7, 11) is 0. The van der Waals surface area contributed by atoms with Gasteiger partial charge in [-0.2, -0.15) is 0 Å². The van der Waals surface area contributed by atoms with Crippen molar-refractivity contribution in [3.05, 3.63) is 35.9 Å². The molecule has 0 saturated heterocycles. The second kappa shape index (κ2) is 8.22. The van der Waals surface area contributed by atoms with Crippen molar-refractivity contribution in [1.29, 1.82) is 0 Å². The summed E-state index contributed by atoms with van der Waals surface area (Å²) in [6.45, 7) is 0. The molecule has 0 radical (unpaired) electrons. The van der Waals surface area contributed by atoms with Gasteiger partial charge in [0.05, 0.1) is 0 Å². The van der Waals surface area contributed by atoms with Gasteiger partial charge in [-0.15, -0.1) is 0 Å². The molecule has 0 aliphatic rings. The van der Waals surface area contributed by atoms with E-state index in [2.05, 4.69) is 30.3 Å². The first-order valence-electron chi connectivity index (χ1n) is 5.91. The maximum atomic E-state index is 10.1. The zero-order chi connectivity index (χ0) is 10.8. The van der Waals surface area contributed by atoms with Crippen molar-refractivity contribution in [1.82, 2.24) is 0 Å². The molecule has 1 rings (SSSR count). The molecule has 0 fully saturated rings. The van der Waals surface area contributed by atoms with Crippen molar-refractivity contribution in [2.75, 3.05) is 0 Å². The minimum absolute atomic E-state index is 0.735. The molecular formula is C14H20O. The molecule has 0 aliphatic heterocycles. The third-order valence-corrected chi connectivity index (χ3v) is 2.63. The van der Waals surface area contributed by atoms with Gasteiger partial charge in [0.1, 0.15) is 6.29 Å². The Bertz CT molecular complexity index is 253. The van der Waals surface area contributed by atoms with Gasteiger partial charge >= 0.3 is 0 Å². The average Bonchev–Trinajstić information content (AvgIpc) is 2.29. The van der Waals surface area contributed by atoms with Crippen LogP contribution in [-0.2, 0) is 11.2 Å². The number of benzene rings is 1. The smallest absolute Gasteiger partial charge is 0.119 e. The van der Waals surface area contributed by atoms with Crippen molar-refractivity contribution < 1.29 is 4.79 Å². The molecule has 0 unspecified atom stereocenters. The number of hydrogen-bond acceptors (Lipinski definition) is 1. The zero-order valence-electron chi connectivity index (χ0n) is 9.32. The standard InChI is InChI=1S/C14H20O/c15-13-9-4-2-1-3-6-10-14-11-7-5-8-12-14/h5,7-8,11-13H,1-4,6,9-10H2. The molecule has 1 aromatic carbocycles. The highest BCUT2D eigenvalue weighted by atomic mass is 16.1. The van der Waals surface area contributed by atoms with Crippen LogP contribution in [0, 0.1) is 0 Å². The fourth-order valence-electron chi connectivity index (χ4n) is 1.73. The molecule has 0 aromatic heterocycles. The Morgan fingerprint density at radius 3 is 2.27 bits per heavy atom. The molecule has 0 heterocycles. The Morgan fingerprint density at radius 1 is 0.867 bits per heavy atom. The van der Waals surface area contributed by atoms with Crippen LogP contribution in [0.25, 0.3) is 0 Å². The number of carbonyl (C=O) groups excluding carboxylic acids is 1. The molecule has 15 heavy (non-hydrogen) atoms. The van der Waals surface area contributed by atoms with Crippen LogP contribution in [-0.4, -0.2) is 6.29 Å². The summed E-state index contributed by atoms with van der Waals surface area (Å²) >= 11 is 0. The van der Waals surface area contributed by atoms with E-state index in [9.17, 15) is 4.79 Å². The van der Waals surface area contributed by atoms with Crippen LogP contribution in [0.2, 0.25) is 0 Å². The number of aryl methyl sites for hydroxylation is 1. The van der Waals surface area contributed by atoms with E-state index < -0.39 is 0 Å². The van der Waals surface area contributed by atoms with E-state index in [0.29, 0.717) is 0 Å². The van der Waals surface area contributed by atoms with E-state index in [-0.39, 0.29) is 0 Å². The van der Waals surface area contributed by atoms with Crippen LogP contribution >= 0.6 is 0 Å². The summed E-state index contributed by atoms with van der Waals surface area (Å²) in [5.74, 6) is 0. The highest BCUT2D eigenvalue weighted by Crippen LogP contribution is 2.09. The molecule has 0 spiro atoms. The lowest BCUT2D eigenvalue weighted by molar-refractivity contribution is -0.107. The van der Waals surface area contributed by atoms with Crippen molar-refractivity contribution in [2.45, 2.75) is 44.9 Å². The lowest BCUT2D eigenvalue weighted by Crippen LogP contribution is -1.85. The number of aldehydes is 1. The first kappa shape index (κ1) is 12.0. The largest absolute Gasteiger partial charge is 0.303 e. The normalized spacial score (nSPS) is 10.1. The van der Waals surface area contributed by atoms with Gasteiger partial charge in [-0.05, 0) is 24.8 Å². The van der Waals surface area contributed by atoms with E-state index in [4.69, 9.17) is 0 Å². The van der Waals surface area contributed by atoms with Gasteiger partial charge < -0.3 is 4.79 Å². The molecule has 0 aliphatic carbocycles. The summed E-state index contributed by atoms with van der Waals surface area (Å²) in [4.78, 5) is 10.1. The SMILES string of the molecule is O=CCCCCCCCc1ccccc1. The van der Waals surface area contributed by atoms with Crippen molar-refractivity contribution in [2.24, 2.45) is 0 Å². The van der Waals surface area contributed by atoms with E-state index in [0.717, 1.165) is 19.1 Å². The minimum atomic E-state index is 0.735. The predicted molar refractivity (Wildman–Crippen MR) is 63.9 cm³/mol. The summed E-state index contributed by atoms with van der Waals surface area (Å²) in [6.07, 6.45) is 9.03. The van der Waals surface area contributed by atoms with Crippen LogP contribution in [0.15, 0.2) is 30.3 Å². The van der Waals surface area contributed by atoms with Gasteiger partial charge in [0.25, 0.3) is 0 Å². The Morgan fingerprint density at radius 2 is 1.53 bits per heavy atom. The van der Waals surface area contributed by atoms with Gasteiger partial charge in [-0.3, -0.25) is 0 Å². The summed E-state index contributed by atoms with van der Waals surface area (Å²) in [5.41, 5.74) is 1.44. The fourth-order valence-corrected chi connectivity index (χ4v) is 1.73. The second-order valence-corrected chi connectivity index (χ2v) is 3.96. The molecular weight excluding hydrogens is 184 g/mol. The maximum absolute atomic E-state index is 10.1. The topological polar surface area (TPSA) is 17.1 Å². The zero-order valence-corrected chi connectivity index (χ0v) is 9.32. The molecule has 0 saturated carbocycles. The first-order valence-corrected chi connectivity index (χ1v) is 5.91. The second-order valence-electron chi connectivity index (χ2n) is 3.96. The molecule has 1 aromatic rings. The Balaban J connectivity index is 1.95. The highest BCUT2D eigenvalue weighted by molar-refractivity contribution is 5.48. The van der Waals surface area contributed by atoms with Crippen LogP contribution in [0.1, 0.15) is 44.1 Å². The number of carbonyl (C=O) groups is 1. The summed E-state index contributed by atoms with van der Waals surface area (Å²) in [6, 6.07) is 10.6. The average molecular weight is 204 g/mol. The lowest BCUT2D eigenvalue weighted by atomic mass is 10.1. The molecule has 0 amide bonds. The summed E-state index contributed by atoms with van der Waals surface area (Å²) < 4.78 is 0. The molecule has 82 valence electrons. The van der Waals surface area contributed by atoms with E-state index in [1.54, 1.807) is 0 Å².